The van der Waals surface area contributed by atoms with E-state index in [2.05, 4.69) is 91.0 Å². The van der Waals surface area contributed by atoms with E-state index in [9.17, 15) is 0 Å². The Kier molecular flexibility index (Phi) is 6.11. The van der Waals surface area contributed by atoms with Crippen molar-refractivity contribution in [2.75, 3.05) is 0 Å². The molecule has 0 radical (unpaired) electrons. The van der Waals surface area contributed by atoms with E-state index in [1.165, 1.54) is 21.5 Å². The number of rotatable bonds is 4. The molecule has 0 aliphatic carbocycles. The van der Waals surface area contributed by atoms with Crippen LogP contribution in [0.3, 0.4) is 0 Å². The second kappa shape index (κ2) is 10.9. The highest BCUT2D eigenvalue weighted by atomic mass is 16.3. The molecule has 7 aromatic carbocycles. The topological polar surface area (TPSA) is 64.7 Å². The number of pyridine rings is 1. The third-order valence-corrected chi connectivity index (χ3v) is 9.35. The number of furan rings is 1. The van der Waals surface area contributed by atoms with Gasteiger partial charge in [0.2, 0.25) is 0 Å². The van der Waals surface area contributed by atoms with Crippen molar-refractivity contribution >= 4 is 54.4 Å². The first-order valence-corrected chi connectivity index (χ1v) is 16.3. The number of benzene rings is 7. The zero-order valence-corrected chi connectivity index (χ0v) is 26.2. The summed E-state index contributed by atoms with van der Waals surface area (Å²) in [6.45, 7) is 0. The number of hydrogen-bond donors (Lipinski definition) is 0. The molecule has 3 heterocycles. The highest BCUT2D eigenvalue weighted by Crippen LogP contribution is 2.39. The average molecular weight is 627 g/mol. The fourth-order valence-corrected chi connectivity index (χ4v) is 7.11. The molecule has 0 spiro atoms. The van der Waals surface area contributed by atoms with Crippen LogP contribution in [0.4, 0.5) is 0 Å². The Bertz CT molecular complexity index is 2890. The van der Waals surface area contributed by atoms with Gasteiger partial charge in [0, 0.05) is 39.0 Å². The van der Waals surface area contributed by atoms with Crippen LogP contribution in [0.5, 0.6) is 0 Å². The van der Waals surface area contributed by atoms with Crippen molar-refractivity contribution in [1.82, 2.24) is 19.9 Å². The van der Waals surface area contributed by atoms with Gasteiger partial charge in [-0.25, -0.2) is 15.0 Å². The lowest BCUT2D eigenvalue weighted by Gasteiger charge is -2.13. The summed E-state index contributed by atoms with van der Waals surface area (Å²) in [7, 11) is 0. The molecular formula is C44H26N4O. The van der Waals surface area contributed by atoms with Crippen LogP contribution in [0.15, 0.2) is 162 Å². The Morgan fingerprint density at radius 1 is 0.388 bits per heavy atom. The molecule has 5 nitrogen and oxygen atoms in total. The molecule has 5 heteroatoms. The lowest BCUT2D eigenvalue weighted by atomic mass is 9.92. The number of aromatic nitrogens is 4. The van der Waals surface area contributed by atoms with E-state index in [1.54, 1.807) is 0 Å². The first kappa shape index (κ1) is 27.4. The molecule has 0 aliphatic heterocycles. The van der Waals surface area contributed by atoms with E-state index in [0.717, 1.165) is 60.7 Å². The van der Waals surface area contributed by atoms with Crippen LogP contribution in [0.25, 0.3) is 99.7 Å². The Balaban J connectivity index is 1.21. The zero-order valence-electron chi connectivity index (χ0n) is 26.2. The molecule has 0 N–H and O–H groups in total. The monoisotopic (exact) mass is 626 g/mol. The number of hydrogen-bond acceptors (Lipinski definition) is 5. The molecule has 0 bridgehead atoms. The van der Waals surface area contributed by atoms with E-state index in [0.29, 0.717) is 17.5 Å². The maximum absolute atomic E-state index is 6.23. The maximum Gasteiger partial charge on any atom is 0.164 e. The van der Waals surface area contributed by atoms with Gasteiger partial charge >= 0.3 is 0 Å². The first-order chi connectivity index (χ1) is 24.3. The summed E-state index contributed by atoms with van der Waals surface area (Å²) >= 11 is 0. The predicted octanol–water partition coefficient (Wildman–Crippen LogP) is 11.3. The quantitative estimate of drug-likeness (QED) is 0.182. The van der Waals surface area contributed by atoms with Gasteiger partial charge in [-0.05, 0) is 63.0 Å². The average Bonchev–Trinajstić information content (AvgIpc) is 3.57. The van der Waals surface area contributed by atoms with E-state index in [-0.39, 0.29) is 0 Å². The van der Waals surface area contributed by atoms with Crippen molar-refractivity contribution in [2.45, 2.75) is 0 Å². The van der Waals surface area contributed by atoms with Crippen LogP contribution >= 0.6 is 0 Å². The highest BCUT2D eigenvalue weighted by molar-refractivity contribution is 6.23. The van der Waals surface area contributed by atoms with Gasteiger partial charge in [-0.1, -0.05) is 121 Å². The van der Waals surface area contributed by atoms with Crippen molar-refractivity contribution in [3.8, 4) is 45.3 Å². The number of nitrogens with zero attached hydrogens (tertiary/aromatic N) is 4. The fraction of sp³-hybridized carbons (Fsp3) is 0. The van der Waals surface area contributed by atoms with E-state index in [1.807, 2.05) is 66.9 Å². The molecule has 10 aromatic rings. The minimum Gasteiger partial charge on any atom is -0.456 e. The molecule has 0 unspecified atom stereocenters. The summed E-state index contributed by atoms with van der Waals surface area (Å²) in [4.78, 5) is 20.1. The van der Waals surface area contributed by atoms with Gasteiger partial charge in [0.05, 0.1) is 5.52 Å². The Labute approximate surface area is 281 Å². The van der Waals surface area contributed by atoms with E-state index in [4.69, 9.17) is 24.4 Å². The van der Waals surface area contributed by atoms with Crippen molar-refractivity contribution in [2.24, 2.45) is 0 Å². The van der Waals surface area contributed by atoms with Crippen molar-refractivity contribution in [1.29, 1.82) is 0 Å². The van der Waals surface area contributed by atoms with Gasteiger partial charge in [0.25, 0.3) is 0 Å². The zero-order chi connectivity index (χ0) is 32.3. The molecule has 228 valence electrons. The number of para-hydroxylation sites is 1. The first-order valence-electron chi connectivity index (χ1n) is 16.3. The lowest BCUT2D eigenvalue weighted by Crippen LogP contribution is -2.00. The Hall–Kier alpha value is -6.72. The molecule has 0 saturated heterocycles. The molecular weight excluding hydrogens is 601 g/mol. The Morgan fingerprint density at radius 2 is 1.06 bits per heavy atom. The van der Waals surface area contributed by atoms with Crippen LogP contribution in [0.2, 0.25) is 0 Å². The normalized spacial score (nSPS) is 11.7. The molecule has 0 fully saturated rings. The van der Waals surface area contributed by atoms with Crippen LogP contribution in [-0.2, 0) is 0 Å². The van der Waals surface area contributed by atoms with Gasteiger partial charge in [0.1, 0.15) is 11.2 Å². The fourth-order valence-electron chi connectivity index (χ4n) is 7.11. The lowest BCUT2D eigenvalue weighted by molar-refractivity contribution is 0.669. The van der Waals surface area contributed by atoms with Crippen LogP contribution in [0, 0.1) is 0 Å². The highest BCUT2D eigenvalue weighted by Gasteiger charge is 2.18. The largest absolute Gasteiger partial charge is 0.456 e. The SMILES string of the molecule is c1ccc(-c2nc(-c3cccc(-c4ccnc5ccc6ccc7ccccc7c6c45)c3)nc(-c3cccc4oc5ccccc5c34)n2)cc1. The van der Waals surface area contributed by atoms with Gasteiger partial charge in [0.15, 0.2) is 17.5 Å². The second-order valence-electron chi connectivity index (χ2n) is 12.2. The van der Waals surface area contributed by atoms with Crippen molar-refractivity contribution in [3.05, 3.63) is 158 Å². The smallest absolute Gasteiger partial charge is 0.164 e. The Morgan fingerprint density at radius 3 is 1.98 bits per heavy atom. The van der Waals surface area contributed by atoms with Gasteiger partial charge in [-0.2, -0.15) is 0 Å². The maximum atomic E-state index is 6.23. The summed E-state index contributed by atoms with van der Waals surface area (Å²) in [6, 6.07) is 52.1. The summed E-state index contributed by atoms with van der Waals surface area (Å²) in [6.07, 6.45) is 1.89. The van der Waals surface area contributed by atoms with E-state index < -0.39 is 0 Å². The minimum absolute atomic E-state index is 0.596. The van der Waals surface area contributed by atoms with E-state index >= 15 is 0 Å². The van der Waals surface area contributed by atoms with Crippen molar-refractivity contribution < 1.29 is 4.42 Å². The summed E-state index contributed by atoms with van der Waals surface area (Å²) in [5, 5.41) is 7.97. The molecule has 3 aromatic heterocycles. The van der Waals surface area contributed by atoms with Crippen LogP contribution in [-0.4, -0.2) is 19.9 Å². The van der Waals surface area contributed by atoms with Gasteiger partial charge in [-0.15, -0.1) is 0 Å². The van der Waals surface area contributed by atoms with Crippen molar-refractivity contribution in [3.63, 3.8) is 0 Å². The number of fused-ring (bicyclic) bond motifs is 8. The summed E-state index contributed by atoms with van der Waals surface area (Å²) in [5.41, 5.74) is 7.49. The molecule has 0 atom stereocenters. The van der Waals surface area contributed by atoms with Crippen LogP contribution in [0.1, 0.15) is 0 Å². The third-order valence-electron chi connectivity index (χ3n) is 9.35. The molecule has 10 rings (SSSR count). The minimum atomic E-state index is 0.596. The molecule has 0 saturated carbocycles. The van der Waals surface area contributed by atoms with Gasteiger partial charge < -0.3 is 4.42 Å². The predicted molar refractivity (Wildman–Crippen MR) is 199 cm³/mol. The summed E-state index contributed by atoms with van der Waals surface area (Å²) in [5.74, 6) is 1.81. The summed E-state index contributed by atoms with van der Waals surface area (Å²) < 4.78 is 6.23. The second-order valence-corrected chi connectivity index (χ2v) is 12.2. The molecule has 0 amide bonds. The third kappa shape index (κ3) is 4.48. The standard InChI is InChI=1S/C44H26N4O/c1-2-11-29(12-3-1)42-46-43(48-44(47-42)35-17-9-19-38-40(35)34-16-6-7-18-37(34)49-38)31-14-8-13-30(26-31)33-24-25-45-36-23-22-28-21-20-27-10-4-5-15-32(27)39(28)41(33)36/h1-26H. The molecule has 49 heavy (non-hydrogen) atoms. The van der Waals surface area contributed by atoms with Crippen LogP contribution < -0.4 is 0 Å². The van der Waals surface area contributed by atoms with Gasteiger partial charge in [-0.3, -0.25) is 4.98 Å². The molecule has 0 aliphatic rings.